The van der Waals surface area contributed by atoms with Gasteiger partial charge in [0.15, 0.2) is 0 Å². The zero-order valence-electron chi connectivity index (χ0n) is 44.3. The minimum atomic E-state index is -5.46. The van der Waals surface area contributed by atoms with Gasteiger partial charge < -0.3 is 30.6 Å². The molecule has 14 nitrogen and oxygen atoms in total. The van der Waals surface area contributed by atoms with Crippen molar-refractivity contribution in [3.8, 4) is 11.5 Å². The van der Waals surface area contributed by atoms with Gasteiger partial charge in [0.05, 0.1) is 46.2 Å². The molecule has 0 aliphatic heterocycles. The number of rotatable bonds is 8. The Hall–Kier alpha value is -7.69. The summed E-state index contributed by atoms with van der Waals surface area (Å²) < 4.78 is 297. The molecule has 0 aliphatic carbocycles. The predicted molar refractivity (Wildman–Crippen MR) is 250 cm³/mol. The predicted octanol–water partition coefficient (Wildman–Crippen LogP) is 10.1. The van der Waals surface area contributed by atoms with Crippen LogP contribution in [0.3, 0.4) is 0 Å². The van der Waals surface area contributed by atoms with E-state index in [2.05, 4.69) is 20.0 Å². The van der Waals surface area contributed by atoms with E-state index in [0.717, 1.165) is 10.8 Å². The smallest absolute Gasteiger partial charge is 0.871 e. The van der Waals surface area contributed by atoms with Crippen LogP contribution in [0.15, 0.2) is 167 Å². The van der Waals surface area contributed by atoms with Crippen LogP contribution in [-0.4, -0.2) is 94.9 Å². The van der Waals surface area contributed by atoms with Crippen LogP contribution >= 0.6 is 0 Å². The Morgan fingerprint density at radius 1 is 0.330 bits per heavy atom. The fraction of sp³-hybridized carbons (Fsp3) is 0.154. The van der Waals surface area contributed by atoms with Crippen LogP contribution in [0.25, 0.3) is 21.8 Å². The number of ketones is 4. The van der Waals surface area contributed by atoms with Crippen molar-refractivity contribution < 1.29 is 244 Å². The van der Waals surface area contributed by atoms with Gasteiger partial charge in [0.1, 0.15) is 11.6 Å². The van der Waals surface area contributed by atoms with Crippen LogP contribution in [0.5, 0.6) is 11.5 Å². The van der Waals surface area contributed by atoms with E-state index in [-0.39, 0.29) is 103 Å². The molecule has 2 heterocycles. The Morgan fingerprint density at radius 3 is 0.755 bits per heavy atom. The number of carbonyl (C=O) groups is 4. The van der Waals surface area contributed by atoms with E-state index in [1.165, 1.54) is 36.4 Å². The standard InChI is InChI=1S/2C16H11FN2O.4C5H2F6O2.2Gd/c2*17-12-5-8-13(9-6-12)18-10-14-7-4-11-2-1-3-15(20)16(11)19-14;4*6-4(7,8)2(12)1-3(13)5(9,10)11;;/h2*1-10,20H;4*1,12H;;/q;;;;;;2*+3/p-6/b;;4*2-1-;;. The number of halogens is 26. The van der Waals surface area contributed by atoms with Crippen molar-refractivity contribution in [2.45, 2.75) is 49.4 Å². The summed E-state index contributed by atoms with van der Waals surface area (Å²) in [5.41, 5.74) is 3.29. The maximum atomic E-state index is 12.8. The summed E-state index contributed by atoms with van der Waals surface area (Å²) in [6.45, 7) is 0. The number of allylic oxidation sites excluding steroid dienone is 8. The number of aromatic nitrogens is 2. The van der Waals surface area contributed by atoms with Gasteiger partial charge in [0.25, 0.3) is 23.1 Å². The molecule has 4 aromatic carbocycles. The third-order valence-electron chi connectivity index (χ3n) is 9.04. The fourth-order valence-corrected chi connectivity index (χ4v) is 4.88. The van der Waals surface area contributed by atoms with Gasteiger partial charge in [-0.15, -0.1) is 0 Å². The van der Waals surface area contributed by atoms with Crippen LogP contribution < -0.4 is 30.6 Å². The summed E-state index contributed by atoms with van der Waals surface area (Å²) in [6.07, 6.45) is -44.7. The van der Waals surface area contributed by atoms with E-state index in [1.54, 1.807) is 61.0 Å². The van der Waals surface area contributed by atoms with E-state index in [1.807, 2.05) is 24.3 Å². The first-order chi connectivity index (χ1) is 41.6. The fourth-order valence-electron chi connectivity index (χ4n) is 4.88. The number of hydrogen-bond donors (Lipinski definition) is 0. The molecule has 0 saturated carbocycles. The van der Waals surface area contributed by atoms with Crippen molar-refractivity contribution in [1.29, 1.82) is 0 Å². The topological polar surface area (TPSA) is 257 Å². The maximum absolute atomic E-state index is 12.8. The first kappa shape index (κ1) is 88.4. The van der Waals surface area contributed by atoms with Crippen molar-refractivity contribution in [3.63, 3.8) is 0 Å². The third kappa shape index (κ3) is 33.4. The number of carbonyl (C=O) groups excluding carboxylic acids is 4. The quantitative estimate of drug-likeness (QED) is 0.0597. The first-order valence-electron chi connectivity index (χ1n) is 22.7. The summed E-state index contributed by atoms with van der Waals surface area (Å²) in [5.74, 6) is -23.4. The molecule has 94 heavy (non-hydrogen) atoms. The zero-order valence-corrected chi connectivity index (χ0v) is 48.8. The van der Waals surface area contributed by atoms with Crippen molar-refractivity contribution >= 4 is 68.7 Å². The van der Waals surface area contributed by atoms with Crippen LogP contribution in [0.2, 0.25) is 0 Å². The van der Waals surface area contributed by atoms with Crippen molar-refractivity contribution in [3.05, 3.63) is 180 Å². The second kappa shape index (κ2) is 36.8. The molecule has 0 spiro atoms. The summed E-state index contributed by atoms with van der Waals surface area (Å²) in [5, 5.41) is 64.3. The van der Waals surface area contributed by atoms with Crippen LogP contribution in [-0.2, 0) is 19.2 Å². The average molecular weight is 1670 g/mol. The summed E-state index contributed by atoms with van der Waals surface area (Å²) in [6, 6.07) is 29.0. The van der Waals surface area contributed by atoms with Gasteiger partial charge in [-0.1, -0.05) is 60.0 Å². The Bertz CT molecular complexity index is 3360. The molecule has 6 rings (SSSR count). The zero-order chi connectivity index (χ0) is 71.3. The Morgan fingerprint density at radius 2 is 0.553 bits per heavy atom. The third-order valence-corrected chi connectivity index (χ3v) is 9.04. The number of para-hydroxylation sites is 2. The van der Waals surface area contributed by atoms with Crippen molar-refractivity contribution in [2.75, 3.05) is 0 Å². The summed E-state index contributed by atoms with van der Waals surface area (Å²) in [7, 11) is 0. The van der Waals surface area contributed by atoms with Gasteiger partial charge in [-0.05, 0) is 119 Å². The molecule has 0 saturated heterocycles. The van der Waals surface area contributed by atoms with E-state index < -0.39 is 120 Å². The Balaban J connectivity index is 0. The maximum Gasteiger partial charge on any atom is 3.00 e. The molecule has 0 aliphatic rings. The van der Waals surface area contributed by atoms with Gasteiger partial charge in [-0.3, -0.25) is 29.2 Å². The summed E-state index contributed by atoms with van der Waals surface area (Å²) >= 11 is 0. The molecule has 2 aromatic heterocycles. The summed E-state index contributed by atoms with van der Waals surface area (Å²) in [4.78, 5) is 56.2. The van der Waals surface area contributed by atoms with E-state index in [4.69, 9.17) is 0 Å². The molecular formula is C52H24F26Gd2N4O10. The minimum absolute atomic E-state index is 0. The number of benzene rings is 4. The first-order valence-corrected chi connectivity index (χ1v) is 22.7. The van der Waals surface area contributed by atoms with Gasteiger partial charge >= 0.3 is 129 Å². The molecule has 0 bridgehead atoms. The monoisotopic (exact) mass is 1670 g/mol. The van der Waals surface area contributed by atoms with Gasteiger partial charge in [0, 0.05) is 0 Å². The van der Waals surface area contributed by atoms with E-state index >= 15 is 0 Å². The second-order valence-electron chi connectivity index (χ2n) is 16.1. The van der Waals surface area contributed by atoms with Crippen molar-refractivity contribution in [1.82, 2.24) is 9.97 Å². The number of nitrogens with zero attached hydrogens (tertiary/aromatic N) is 4. The molecule has 510 valence electrons. The largest absolute Gasteiger partial charge is 3.00 e. The van der Waals surface area contributed by atoms with Crippen molar-refractivity contribution in [2.24, 2.45) is 9.98 Å². The van der Waals surface area contributed by atoms with E-state index in [0.29, 0.717) is 33.8 Å². The van der Waals surface area contributed by atoms with Crippen LogP contribution in [0, 0.1) is 91.5 Å². The molecular weight excluding hydrogens is 1650 g/mol. The van der Waals surface area contributed by atoms with E-state index in [9.17, 15) is 164 Å². The van der Waals surface area contributed by atoms with Gasteiger partial charge in [0.2, 0.25) is 0 Å². The molecule has 6 aromatic rings. The molecule has 0 unspecified atom stereocenters. The SMILES string of the molecule is O=C(/C=C(\[O-])C(F)(F)F)C(F)(F)F.O=C(/C=C(\[O-])C(F)(F)F)C(F)(F)F.O=C(/C=C(\[O-])C(F)(F)F)C(F)(F)F.O=C(/C=C(\[O-])C(F)(F)F)C(F)(F)F.[Gd+3].[Gd+3].[O-]c1cccc2ccc(C=Nc3ccc(F)cc3)nc12.[O-]c1cccc2ccc(C=Nc3ccc(F)cc3)nc12. The normalized spacial score (nSPS) is 12.8. The number of hydrogen-bond acceptors (Lipinski definition) is 14. The minimum Gasteiger partial charge on any atom is -0.871 e. The second-order valence-corrected chi connectivity index (χ2v) is 16.1. The van der Waals surface area contributed by atoms with Crippen LogP contribution in [0.1, 0.15) is 11.4 Å². The number of fused-ring (bicyclic) bond motifs is 2. The molecule has 0 atom stereocenters. The molecule has 42 heteroatoms. The average Bonchev–Trinajstić information content (AvgIpc) is 0.837. The molecule has 0 fully saturated rings. The Labute approximate surface area is 569 Å². The van der Waals surface area contributed by atoms with Gasteiger partial charge in [-0.25, -0.2) is 18.7 Å². The van der Waals surface area contributed by atoms with Gasteiger partial charge in [-0.2, -0.15) is 105 Å². The van der Waals surface area contributed by atoms with Crippen LogP contribution in [0.4, 0.5) is 126 Å². The Kier molecular flexibility index (Phi) is 34.6. The number of aliphatic imine (C=N–C) groups is 2. The molecule has 0 amide bonds. The number of alkyl halides is 24. The number of pyridine rings is 2. The molecule has 2 radical (unpaired) electrons. The molecule has 0 N–H and O–H groups in total.